The second-order valence-electron chi connectivity index (χ2n) is 5.40. The maximum atomic E-state index is 11.9. The molecule has 5 heteroatoms. The van der Waals surface area contributed by atoms with Crippen molar-refractivity contribution in [3.05, 3.63) is 27.6 Å². The van der Waals surface area contributed by atoms with Crippen LogP contribution in [0.1, 0.15) is 38.4 Å². The van der Waals surface area contributed by atoms with Gasteiger partial charge in [0.1, 0.15) is 10.5 Å². The van der Waals surface area contributed by atoms with E-state index >= 15 is 0 Å². The van der Waals surface area contributed by atoms with Crippen LogP contribution in [0, 0.1) is 5.92 Å². The molecule has 4 nitrogen and oxygen atoms in total. The van der Waals surface area contributed by atoms with Gasteiger partial charge in [0.2, 0.25) is 0 Å². The summed E-state index contributed by atoms with van der Waals surface area (Å²) in [5.74, 6) is 1.46. The van der Waals surface area contributed by atoms with Gasteiger partial charge < -0.3 is 10.3 Å². The molecule has 2 aromatic rings. The molecule has 0 aromatic carbocycles. The summed E-state index contributed by atoms with van der Waals surface area (Å²) >= 11 is 1.44. The molecule has 0 amide bonds. The fourth-order valence-corrected chi connectivity index (χ4v) is 3.58. The number of thiophene rings is 1. The summed E-state index contributed by atoms with van der Waals surface area (Å²) in [6, 6.07) is 2.46. The van der Waals surface area contributed by atoms with Crippen LogP contribution in [-0.4, -0.2) is 16.0 Å². The third-order valence-electron chi connectivity index (χ3n) is 4.01. The number of aromatic nitrogens is 2. The first-order valence-corrected chi connectivity index (χ1v) is 7.82. The second-order valence-corrected chi connectivity index (χ2v) is 6.31. The molecule has 0 aliphatic heterocycles. The van der Waals surface area contributed by atoms with Gasteiger partial charge in [-0.05, 0) is 30.2 Å². The van der Waals surface area contributed by atoms with Crippen LogP contribution < -0.4 is 10.9 Å². The van der Waals surface area contributed by atoms with Crippen molar-refractivity contribution >= 4 is 21.6 Å². The Labute approximate surface area is 116 Å². The highest BCUT2D eigenvalue weighted by molar-refractivity contribution is 7.17. The first kappa shape index (κ1) is 12.8. The summed E-state index contributed by atoms with van der Waals surface area (Å²) in [7, 11) is 0. The van der Waals surface area contributed by atoms with Crippen molar-refractivity contribution in [1.82, 2.24) is 15.3 Å². The van der Waals surface area contributed by atoms with Crippen molar-refractivity contribution < 1.29 is 0 Å². The third kappa shape index (κ3) is 2.72. The molecule has 0 radical (unpaired) electrons. The van der Waals surface area contributed by atoms with E-state index in [0.717, 1.165) is 16.0 Å². The number of aromatic amines is 1. The first-order chi connectivity index (χ1) is 9.24. The maximum absolute atomic E-state index is 11.9. The fraction of sp³-hybridized carbons (Fsp3) is 0.571. The average molecular weight is 277 g/mol. The van der Waals surface area contributed by atoms with Crippen LogP contribution in [0.4, 0.5) is 0 Å². The van der Waals surface area contributed by atoms with Crippen LogP contribution in [-0.2, 0) is 6.54 Å². The minimum atomic E-state index is -0.0199. The smallest absolute Gasteiger partial charge is 0.268 e. The van der Waals surface area contributed by atoms with Gasteiger partial charge in [-0.1, -0.05) is 19.8 Å². The zero-order valence-corrected chi connectivity index (χ0v) is 11.9. The Hall–Kier alpha value is -1.20. The molecule has 0 bridgehead atoms. The Bertz CT molecular complexity index is 618. The van der Waals surface area contributed by atoms with Crippen molar-refractivity contribution in [1.29, 1.82) is 0 Å². The Morgan fingerprint density at radius 3 is 3.16 bits per heavy atom. The van der Waals surface area contributed by atoms with Crippen LogP contribution in [0.3, 0.4) is 0 Å². The van der Waals surface area contributed by atoms with Gasteiger partial charge in [-0.3, -0.25) is 4.79 Å². The Morgan fingerprint density at radius 2 is 2.32 bits per heavy atom. The van der Waals surface area contributed by atoms with Crippen LogP contribution in [0.25, 0.3) is 10.2 Å². The SMILES string of the molecule is CC1CCCCC1NCc1nc2ccsc2c(=O)[nH]1. The molecular formula is C14H19N3OS. The maximum Gasteiger partial charge on any atom is 0.268 e. The van der Waals surface area contributed by atoms with Crippen LogP contribution in [0.5, 0.6) is 0 Å². The largest absolute Gasteiger partial charge is 0.308 e. The van der Waals surface area contributed by atoms with E-state index in [1.807, 2.05) is 11.4 Å². The molecule has 2 heterocycles. The van der Waals surface area contributed by atoms with Gasteiger partial charge in [0.05, 0.1) is 12.1 Å². The molecule has 2 aromatic heterocycles. The molecule has 2 atom stereocenters. The Balaban J connectivity index is 1.72. The van der Waals surface area contributed by atoms with Gasteiger partial charge in [0, 0.05) is 6.04 Å². The van der Waals surface area contributed by atoms with E-state index in [2.05, 4.69) is 22.2 Å². The van der Waals surface area contributed by atoms with E-state index in [9.17, 15) is 4.79 Å². The second kappa shape index (κ2) is 5.43. The van der Waals surface area contributed by atoms with Crippen molar-refractivity contribution in [2.24, 2.45) is 5.92 Å². The molecular weight excluding hydrogens is 258 g/mol. The van der Waals surface area contributed by atoms with Crippen LogP contribution in [0.2, 0.25) is 0 Å². The number of fused-ring (bicyclic) bond motifs is 1. The Morgan fingerprint density at radius 1 is 1.47 bits per heavy atom. The monoisotopic (exact) mass is 277 g/mol. The molecule has 0 spiro atoms. The molecule has 1 aliphatic rings. The van der Waals surface area contributed by atoms with E-state index in [0.29, 0.717) is 18.5 Å². The van der Waals surface area contributed by atoms with Crippen molar-refractivity contribution in [2.75, 3.05) is 0 Å². The predicted molar refractivity (Wildman–Crippen MR) is 78.5 cm³/mol. The number of nitrogens with one attached hydrogen (secondary N) is 2. The molecule has 1 saturated carbocycles. The quantitative estimate of drug-likeness (QED) is 0.907. The van der Waals surface area contributed by atoms with Gasteiger partial charge in [0.25, 0.3) is 5.56 Å². The van der Waals surface area contributed by atoms with Crippen molar-refractivity contribution in [3.8, 4) is 0 Å². The zero-order chi connectivity index (χ0) is 13.2. The van der Waals surface area contributed by atoms with Crippen molar-refractivity contribution in [3.63, 3.8) is 0 Å². The van der Waals surface area contributed by atoms with E-state index in [-0.39, 0.29) is 5.56 Å². The van der Waals surface area contributed by atoms with Crippen LogP contribution in [0.15, 0.2) is 16.2 Å². The fourth-order valence-electron chi connectivity index (χ4n) is 2.85. The molecule has 19 heavy (non-hydrogen) atoms. The van der Waals surface area contributed by atoms with Crippen LogP contribution >= 0.6 is 11.3 Å². The summed E-state index contributed by atoms with van der Waals surface area (Å²) < 4.78 is 0.717. The molecule has 2 unspecified atom stereocenters. The lowest BCUT2D eigenvalue weighted by molar-refractivity contribution is 0.278. The molecule has 102 valence electrons. The minimum absolute atomic E-state index is 0.0199. The van der Waals surface area contributed by atoms with Crippen molar-refractivity contribution in [2.45, 2.75) is 45.2 Å². The van der Waals surface area contributed by atoms with Gasteiger partial charge in [0.15, 0.2) is 0 Å². The first-order valence-electron chi connectivity index (χ1n) is 6.94. The van der Waals surface area contributed by atoms with Gasteiger partial charge in [-0.2, -0.15) is 0 Å². The number of hydrogen-bond acceptors (Lipinski definition) is 4. The highest BCUT2D eigenvalue weighted by Gasteiger charge is 2.20. The lowest BCUT2D eigenvalue weighted by atomic mass is 9.86. The zero-order valence-electron chi connectivity index (χ0n) is 11.1. The molecule has 3 rings (SSSR count). The summed E-state index contributed by atoms with van der Waals surface area (Å²) in [5, 5.41) is 5.45. The molecule has 1 fully saturated rings. The summed E-state index contributed by atoms with van der Waals surface area (Å²) in [5.41, 5.74) is 0.788. The van der Waals surface area contributed by atoms with E-state index in [4.69, 9.17) is 0 Å². The van der Waals surface area contributed by atoms with E-state index in [1.54, 1.807) is 0 Å². The van der Waals surface area contributed by atoms with E-state index in [1.165, 1.54) is 37.0 Å². The third-order valence-corrected chi connectivity index (χ3v) is 4.91. The molecule has 1 aliphatic carbocycles. The van der Waals surface area contributed by atoms with E-state index < -0.39 is 0 Å². The lowest BCUT2D eigenvalue weighted by Gasteiger charge is -2.29. The van der Waals surface area contributed by atoms with Gasteiger partial charge >= 0.3 is 0 Å². The van der Waals surface area contributed by atoms with Gasteiger partial charge in [-0.15, -0.1) is 11.3 Å². The number of rotatable bonds is 3. The normalized spacial score (nSPS) is 23.8. The standard InChI is InChI=1S/C14H19N3OS/c1-9-4-2-3-5-10(9)15-8-12-16-11-6-7-19-13(11)14(18)17-12/h6-7,9-10,15H,2-5,8H2,1H3,(H,16,17,18). The topological polar surface area (TPSA) is 57.8 Å². The average Bonchev–Trinajstić information content (AvgIpc) is 2.87. The molecule has 0 saturated heterocycles. The lowest BCUT2D eigenvalue weighted by Crippen LogP contribution is -2.37. The molecule has 2 N–H and O–H groups in total. The summed E-state index contributed by atoms with van der Waals surface area (Å²) in [4.78, 5) is 19.2. The predicted octanol–water partition coefficient (Wildman–Crippen LogP) is 2.65. The Kier molecular flexibility index (Phi) is 3.66. The number of hydrogen-bond donors (Lipinski definition) is 2. The van der Waals surface area contributed by atoms with Gasteiger partial charge in [-0.25, -0.2) is 4.98 Å². The number of H-pyrrole nitrogens is 1. The summed E-state index contributed by atoms with van der Waals surface area (Å²) in [6.45, 7) is 2.95. The number of nitrogens with zero attached hydrogens (tertiary/aromatic N) is 1. The highest BCUT2D eigenvalue weighted by atomic mass is 32.1. The summed E-state index contributed by atoms with van der Waals surface area (Å²) in [6.07, 6.45) is 5.17. The minimum Gasteiger partial charge on any atom is -0.308 e. The highest BCUT2D eigenvalue weighted by Crippen LogP contribution is 2.23.